The van der Waals surface area contributed by atoms with E-state index in [1.54, 1.807) is 6.92 Å². The molecule has 0 bridgehead atoms. The molecule has 1 heterocycles. The van der Waals surface area contributed by atoms with Gasteiger partial charge >= 0.3 is 5.97 Å². The molecule has 2 unspecified atom stereocenters. The first-order valence-electron chi connectivity index (χ1n) is 5.92. The van der Waals surface area contributed by atoms with Gasteiger partial charge in [-0.25, -0.2) is 8.42 Å². The molecule has 108 valence electrons. The van der Waals surface area contributed by atoms with E-state index in [-0.39, 0.29) is 10.8 Å². The molecule has 8 heteroatoms. The van der Waals surface area contributed by atoms with Gasteiger partial charge in [-0.15, -0.1) is 0 Å². The normalized spacial score (nSPS) is 19.3. The lowest BCUT2D eigenvalue weighted by atomic mass is 10.0. The zero-order valence-electron chi connectivity index (χ0n) is 10.9. The van der Waals surface area contributed by atoms with Crippen molar-refractivity contribution in [2.75, 3.05) is 5.32 Å². The van der Waals surface area contributed by atoms with Gasteiger partial charge in [0, 0.05) is 5.69 Å². The van der Waals surface area contributed by atoms with E-state index in [9.17, 15) is 18.0 Å². The van der Waals surface area contributed by atoms with Gasteiger partial charge in [0.1, 0.15) is 6.04 Å². The Morgan fingerprint density at radius 1 is 1.45 bits per heavy atom. The van der Waals surface area contributed by atoms with Gasteiger partial charge in [-0.2, -0.15) is 4.72 Å². The van der Waals surface area contributed by atoms with Gasteiger partial charge < -0.3 is 10.4 Å². The molecule has 0 saturated heterocycles. The number of fused-ring (bicyclic) bond motifs is 1. The molecule has 7 nitrogen and oxygen atoms in total. The second kappa shape index (κ2) is 4.88. The van der Waals surface area contributed by atoms with E-state index in [1.807, 2.05) is 0 Å². The third-order valence-corrected chi connectivity index (χ3v) is 4.69. The zero-order valence-corrected chi connectivity index (χ0v) is 11.7. The lowest BCUT2D eigenvalue weighted by Gasteiger charge is -2.11. The molecule has 2 rings (SSSR count). The first-order valence-corrected chi connectivity index (χ1v) is 7.40. The van der Waals surface area contributed by atoms with Crippen LogP contribution in [0.4, 0.5) is 5.69 Å². The monoisotopic (exact) mass is 298 g/mol. The molecule has 1 aliphatic rings. The molecule has 2 atom stereocenters. The van der Waals surface area contributed by atoms with Crippen molar-refractivity contribution in [2.45, 2.75) is 30.7 Å². The molecule has 20 heavy (non-hydrogen) atoms. The standard InChI is InChI=1S/C12H14N2O5S/c1-6-9-5-8(3-4-10(9)13-11(6)15)20(18,19)14-7(2)12(16)17/h3-7,14H,1-2H3,(H,13,15)(H,16,17). The maximum Gasteiger partial charge on any atom is 0.321 e. The highest BCUT2D eigenvalue weighted by atomic mass is 32.2. The Bertz CT molecular complexity index is 683. The highest BCUT2D eigenvalue weighted by Crippen LogP contribution is 2.33. The number of carboxylic acid groups (broad SMARTS) is 1. The molecule has 0 aromatic heterocycles. The van der Waals surface area contributed by atoms with Crippen LogP contribution < -0.4 is 10.0 Å². The molecule has 1 aromatic carbocycles. The Hall–Kier alpha value is -1.93. The minimum atomic E-state index is -3.94. The number of aliphatic carboxylic acids is 1. The van der Waals surface area contributed by atoms with Gasteiger partial charge in [0.25, 0.3) is 0 Å². The Labute approximate surface area is 116 Å². The van der Waals surface area contributed by atoms with E-state index >= 15 is 0 Å². The van der Waals surface area contributed by atoms with E-state index in [0.29, 0.717) is 11.3 Å². The van der Waals surface area contributed by atoms with E-state index in [0.717, 1.165) is 0 Å². The van der Waals surface area contributed by atoms with Gasteiger partial charge in [0.2, 0.25) is 15.9 Å². The third-order valence-electron chi connectivity index (χ3n) is 3.15. The fourth-order valence-corrected chi connectivity index (χ4v) is 3.15. The van der Waals surface area contributed by atoms with Gasteiger partial charge in [-0.1, -0.05) is 0 Å². The van der Waals surface area contributed by atoms with Crippen LogP contribution in [0.25, 0.3) is 0 Å². The van der Waals surface area contributed by atoms with Gasteiger partial charge in [0.15, 0.2) is 0 Å². The van der Waals surface area contributed by atoms with E-state index < -0.39 is 28.0 Å². The van der Waals surface area contributed by atoms with Crippen LogP contribution >= 0.6 is 0 Å². The maximum atomic E-state index is 12.1. The number of rotatable bonds is 4. The predicted molar refractivity (Wildman–Crippen MR) is 70.9 cm³/mol. The van der Waals surface area contributed by atoms with Crippen LogP contribution in [0.15, 0.2) is 23.1 Å². The number of carbonyl (C=O) groups excluding carboxylic acids is 1. The molecular formula is C12H14N2O5S. The minimum Gasteiger partial charge on any atom is -0.480 e. The second-order valence-corrected chi connectivity index (χ2v) is 6.36. The Kier molecular flexibility index (Phi) is 3.53. The minimum absolute atomic E-state index is 0.0623. The van der Waals surface area contributed by atoms with Crippen LogP contribution in [0.3, 0.4) is 0 Å². The summed E-state index contributed by atoms with van der Waals surface area (Å²) in [5.74, 6) is -1.89. The number of carbonyl (C=O) groups is 2. The first kappa shape index (κ1) is 14.5. The fourth-order valence-electron chi connectivity index (χ4n) is 1.91. The highest BCUT2D eigenvalue weighted by Gasteiger charge is 2.29. The second-order valence-electron chi connectivity index (χ2n) is 4.64. The SMILES string of the molecule is CC(NS(=O)(=O)c1ccc2c(c1)C(C)C(=O)N2)C(=O)O. The number of benzene rings is 1. The van der Waals surface area contributed by atoms with E-state index in [2.05, 4.69) is 10.0 Å². The summed E-state index contributed by atoms with van der Waals surface area (Å²) in [5, 5.41) is 11.4. The van der Waals surface area contributed by atoms with Crippen molar-refractivity contribution in [3.05, 3.63) is 23.8 Å². The van der Waals surface area contributed by atoms with Crippen LogP contribution in [-0.4, -0.2) is 31.4 Å². The molecule has 0 saturated carbocycles. The third kappa shape index (κ3) is 2.52. The van der Waals surface area contributed by atoms with Crippen molar-refractivity contribution < 1.29 is 23.1 Å². The fraction of sp³-hybridized carbons (Fsp3) is 0.333. The molecule has 3 N–H and O–H groups in total. The summed E-state index contributed by atoms with van der Waals surface area (Å²) in [6.45, 7) is 2.91. The Morgan fingerprint density at radius 2 is 2.10 bits per heavy atom. The summed E-state index contributed by atoms with van der Waals surface area (Å²) in [4.78, 5) is 22.2. The van der Waals surface area contributed by atoms with Crippen LogP contribution in [0.2, 0.25) is 0 Å². The molecule has 0 spiro atoms. The zero-order chi connectivity index (χ0) is 15.1. The van der Waals surface area contributed by atoms with E-state index in [1.165, 1.54) is 25.1 Å². The number of anilines is 1. The maximum absolute atomic E-state index is 12.1. The van der Waals surface area contributed by atoms with Crippen molar-refractivity contribution in [1.29, 1.82) is 0 Å². The van der Waals surface area contributed by atoms with Gasteiger partial charge in [-0.05, 0) is 37.6 Å². The van der Waals surface area contributed by atoms with Crippen molar-refractivity contribution in [3.8, 4) is 0 Å². The molecule has 1 aliphatic heterocycles. The predicted octanol–water partition coefficient (Wildman–Crippen LogP) is 0.494. The van der Waals surface area contributed by atoms with Crippen LogP contribution in [0, 0.1) is 0 Å². The molecule has 1 aromatic rings. The van der Waals surface area contributed by atoms with Crippen LogP contribution in [-0.2, 0) is 19.6 Å². The van der Waals surface area contributed by atoms with E-state index in [4.69, 9.17) is 5.11 Å². The van der Waals surface area contributed by atoms with Crippen molar-refractivity contribution in [1.82, 2.24) is 4.72 Å². The smallest absolute Gasteiger partial charge is 0.321 e. The lowest BCUT2D eigenvalue weighted by molar-refractivity contribution is -0.138. The molecule has 0 fully saturated rings. The summed E-state index contributed by atoms with van der Waals surface area (Å²) in [6.07, 6.45) is 0. The van der Waals surface area contributed by atoms with Crippen LogP contribution in [0.5, 0.6) is 0 Å². The Morgan fingerprint density at radius 3 is 2.70 bits per heavy atom. The summed E-state index contributed by atoms with van der Waals surface area (Å²) < 4.78 is 26.2. The largest absolute Gasteiger partial charge is 0.480 e. The number of hydrogen-bond acceptors (Lipinski definition) is 4. The summed E-state index contributed by atoms with van der Waals surface area (Å²) >= 11 is 0. The topological polar surface area (TPSA) is 113 Å². The summed E-state index contributed by atoms with van der Waals surface area (Å²) in [7, 11) is -3.94. The van der Waals surface area contributed by atoms with Crippen molar-refractivity contribution >= 4 is 27.6 Å². The summed E-state index contributed by atoms with van der Waals surface area (Å²) in [5.41, 5.74) is 1.16. The average Bonchev–Trinajstić information content (AvgIpc) is 2.64. The van der Waals surface area contributed by atoms with Crippen LogP contribution in [0.1, 0.15) is 25.3 Å². The summed E-state index contributed by atoms with van der Waals surface area (Å²) in [6, 6.07) is 2.98. The Balaban J connectivity index is 2.35. The average molecular weight is 298 g/mol. The number of sulfonamides is 1. The van der Waals surface area contributed by atoms with Gasteiger partial charge in [0.05, 0.1) is 10.8 Å². The van der Waals surface area contributed by atoms with Crippen molar-refractivity contribution in [2.24, 2.45) is 0 Å². The first-order chi connectivity index (χ1) is 9.22. The lowest BCUT2D eigenvalue weighted by Crippen LogP contribution is -2.38. The van der Waals surface area contributed by atoms with Gasteiger partial charge in [-0.3, -0.25) is 9.59 Å². The number of amides is 1. The van der Waals surface area contributed by atoms with Crippen molar-refractivity contribution in [3.63, 3.8) is 0 Å². The number of hydrogen-bond donors (Lipinski definition) is 3. The molecular weight excluding hydrogens is 284 g/mol. The molecule has 1 amide bonds. The number of carboxylic acids is 1. The highest BCUT2D eigenvalue weighted by molar-refractivity contribution is 7.89. The number of nitrogens with one attached hydrogen (secondary N) is 2. The molecule has 0 aliphatic carbocycles. The quantitative estimate of drug-likeness (QED) is 0.749. The molecule has 0 radical (unpaired) electrons.